The molecule has 0 aliphatic heterocycles. The molecular weight excluding hydrogens is 338 g/mol. The SMILES string of the molecule is CCS(=O)(=O)NCCS(=O)(=O)N(CCCN)Cc1ccccc1. The van der Waals surface area contributed by atoms with Gasteiger partial charge in [0.25, 0.3) is 0 Å². The van der Waals surface area contributed by atoms with Crippen LogP contribution in [-0.4, -0.2) is 52.3 Å². The van der Waals surface area contributed by atoms with E-state index in [1.807, 2.05) is 30.3 Å². The van der Waals surface area contributed by atoms with Gasteiger partial charge in [0.1, 0.15) is 0 Å². The van der Waals surface area contributed by atoms with E-state index in [1.165, 1.54) is 11.2 Å². The van der Waals surface area contributed by atoms with Gasteiger partial charge in [-0.2, -0.15) is 4.31 Å². The van der Waals surface area contributed by atoms with E-state index in [0.717, 1.165) is 5.56 Å². The van der Waals surface area contributed by atoms with Gasteiger partial charge in [-0.15, -0.1) is 0 Å². The number of nitrogens with zero attached hydrogens (tertiary/aromatic N) is 1. The maximum Gasteiger partial charge on any atom is 0.215 e. The molecule has 0 spiro atoms. The van der Waals surface area contributed by atoms with Crippen molar-refractivity contribution in [3.8, 4) is 0 Å². The molecule has 0 atom stereocenters. The standard InChI is InChI=1S/C14H25N3O4S2/c1-2-22(18,19)16-10-12-23(20,21)17(11-6-9-15)13-14-7-4-3-5-8-14/h3-5,7-8,16H,2,6,9-13,15H2,1H3. The molecule has 0 amide bonds. The van der Waals surface area contributed by atoms with Crippen molar-refractivity contribution >= 4 is 20.0 Å². The highest BCUT2D eigenvalue weighted by molar-refractivity contribution is 7.90. The lowest BCUT2D eigenvalue weighted by molar-refractivity contribution is 0.401. The van der Waals surface area contributed by atoms with Gasteiger partial charge in [-0.05, 0) is 25.5 Å². The molecule has 7 nitrogen and oxygen atoms in total. The zero-order chi connectivity index (χ0) is 17.3. The molecule has 9 heteroatoms. The molecule has 132 valence electrons. The number of hydrogen-bond donors (Lipinski definition) is 2. The number of nitrogens with two attached hydrogens (primary N) is 1. The Bertz CT molecular complexity index is 661. The summed E-state index contributed by atoms with van der Waals surface area (Å²) >= 11 is 0. The van der Waals surface area contributed by atoms with Gasteiger partial charge < -0.3 is 5.73 Å². The summed E-state index contributed by atoms with van der Waals surface area (Å²) in [7, 11) is -6.97. The van der Waals surface area contributed by atoms with E-state index in [4.69, 9.17) is 5.73 Å². The Morgan fingerprint density at radius 1 is 1.13 bits per heavy atom. The van der Waals surface area contributed by atoms with Crippen molar-refractivity contribution < 1.29 is 16.8 Å². The van der Waals surface area contributed by atoms with Crippen molar-refractivity contribution in [3.63, 3.8) is 0 Å². The second kappa shape index (κ2) is 9.33. The molecule has 23 heavy (non-hydrogen) atoms. The summed E-state index contributed by atoms with van der Waals surface area (Å²) in [5, 5.41) is 0. The number of nitrogens with one attached hydrogen (secondary N) is 1. The van der Waals surface area contributed by atoms with Crippen LogP contribution < -0.4 is 10.5 Å². The predicted octanol–water partition coefficient (Wildman–Crippen LogP) is 0.107. The fraction of sp³-hybridized carbons (Fsp3) is 0.571. The van der Waals surface area contributed by atoms with Crippen LogP contribution in [0.25, 0.3) is 0 Å². The van der Waals surface area contributed by atoms with Crippen LogP contribution in [0, 0.1) is 0 Å². The molecule has 0 heterocycles. The van der Waals surface area contributed by atoms with Crippen LogP contribution in [0.5, 0.6) is 0 Å². The molecule has 0 radical (unpaired) electrons. The van der Waals surface area contributed by atoms with Gasteiger partial charge in [0.15, 0.2) is 0 Å². The Labute approximate surface area is 139 Å². The zero-order valence-corrected chi connectivity index (χ0v) is 14.9. The highest BCUT2D eigenvalue weighted by Gasteiger charge is 2.22. The van der Waals surface area contributed by atoms with Crippen molar-refractivity contribution in [2.24, 2.45) is 5.73 Å². The summed E-state index contributed by atoms with van der Waals surface area (Å²) in [4.78, 5) is 0. The average Bonchev–Trinajstić information content (AvgIpc) is 2.52. The van der Waals surface area contributed by atoms with Crippen LogP contribution >= 0.6 is 0 Å². The van der Waals surface area contributed by atoms with Crippen LogP contribution in [-0.2, 0) is 26.6 Å². The largest absolute Gasteiger partial charge is 0.330 e. The van der Waals surface area contributed by atoms with Gasteiger partial charge in [-0.25, -0.2) is 21.6 Å². The summed E-state index contributed by atoms with van der Waals surface area (Å²) in [6, 6.07) is 9.26. The van der Waals surface area contributed by atoms with Gasteiger partial charge >= 0.3 is 0 Å². The molecule has 0 unspecified atom stereocenters. The second-order valence-electron chi connectivity index (χ2n) is 5.08. The topological polar surface area (TPSA) is 110 Å². The first-order chi connectivity index (χ1) is 10.8. The molecule has 1 rings (SSSR count). The monoisotopic (exact) mass is 363 g/mol. The Morgan fingerprint density at radius 2 is 1.78 bits per heavy atom. The molecular formula is C14H25N3O4S2. The third kappa shape index (κ3) is 7.40. The van der Waals surface area contributed by atoms with Gasteiger partial charge in [-0.1, -0.05) is 30.3 Å². The van der Waals surface area contributed by atoms with E-state index in [1.54, 1.807) is 0 Å². The minimum Gasteiger partial charge on any atom is -0.330 e. The third-order valence-electron chi connectivity index (χ3n) is 3.27. The molecule has 0 saturated carbocycles. The van der Waals surface area contributed by atoms with E-state index in [9.17, 15) is 16.8 Å². The smallest absolute Gasteiger partial charge is 0.215 e. The van der Waals surface area contributed by atoms with Gasteiger partial charge in [0, 0.05) is 19.6 Å². The molecule has 0 fully saturated rings. The van der Waals surface area contributed by atoms with Gasteiger partial charge in [0.05, 0.1) is 11.5 Å². The first kappa shape index (κ1) is 20.0. The molecule has 3 N–H and O–H groups in total. The fourth-order valence-corrected chi connectivity index (χ4v) is 4.05. The predicted molar refractivity (Wildman–Crippen MR) is 91.8 cm³/mol. The average molecular weight is 364 g/mol. The first-order valence-electron chi connectivity index (χ1n) is 7.50. The highest BCUT2D eigenvalue weighted by Crippen LogP contribution is 2.10. The van der Waals surface area contributed by atoms with E-state index in [0.29, 0.717) is 19.5 Å². The molecule has 1 aromatic rings. The number of benzene rings is 1. The van der Waals surface area contributed by atoms with Gasteiger partial charge in [0.2, 0.25) is 20.0 Å². The lowest BCUT2D eigenvalue weighted by Crippen LogP contribution is -2.38. The number of hydrogen-bond acceptors (Lipinski definition) is 5. The number of rotatable bonds is 11. The Morgan fingerprint density at radius 3 is 2.35 bits per heavy atom. The van der Waals surface area contributed by atoms with E-state index in [-0.39, 0.29) is 24.6 Å². The van der Waals surface area contributed by atoms with Crippen LogP contribution in [0.15, 0.2) is 30.3 Å². The Balaban J connectivity index is 2.75. The maximum atomic E-state index is 12.5. The van der Waals surface area contributed by atoms with E-state index < -0.39 is 20.0 Å². The quantitative estimate of drug-likeness (QED) is 0.580. The van der Waals surface area contributed by atoms with Crippen LogP contribution in [0.1, 0.15) is 18.9 Å². The maximum absolute atomic E-state index is 12.5. The molecule has 0 aromatic heterocycles. The minimum absolute atomic E-state index is 0.0754. The molecule has 0 aliphatic carbocycles. The third-order valence-corrected chi connectivity index (χ3v) is 6.49. The van der Waals surface area contributed by atoms with Gasteiger partial charge in [-0.3, -0.25) is 0 Å². The van der Waals surface area contributed by atoms with E-state index >= 15 is 0 Å². The van der Waals surface area contributed by atoms with Crippen molar-refractivity contribution in [1.82, 2.24) is 9.03 Å². The number of sulfonamides is 2. The highest BCUT2D eigenvalue weighted by atomic mass is 32.2. The summed E-state index contributed by atoms with van der Waals surface area (Å²) in [6.07, 6.45) is 0.548. The van der Waals surface area contributed by atoms with Crippen molar-refractivity contribution in [2.45, 2.75) is 19.9 Å². The van der Waals surface area contributed by atoms with Crippen LogP contribution in [0.4, 0.5) is 0 Å². The lowest BCUT2D eigenvalue weighted by atomic mass is 10.2. The normalized spacial score (nSPS) is 12.7. The zero-order valence-electron chi connectivity index (χ0n) is 13.3. The first-order valence-corrected chi connectivity index (χ1v) is 10.8. The molecule has 0 aliphatic rings. The van der Waals surface area contributed by atoms with E-state index in [2.05, 4.69) is 4.72 Å². The Kier molecular flexibility index (Phi) is 8.13. The molecule has 0 bridgehead atoms. The Hall–Kier alpha value is -1.00. The fourth-order valence-electron chi connectivity index (χ4n) is 1.93. The summed E-state index contributed by atoms with van der Waals surface area (Å²) < 4.78 is 51.3. The second-order valence-corrected chi connectivity index (χ2v) is 9.26. The summed E-state index contributed by atoms with van der Waals surface area (Å²) in [5.41, 5.74) is 6.35. The summed E-state index contributed by atoms with van der Waals surface area (Å²) in [5.74, 6) is -0.350. The van der Waals surface area contributed by atoms with Crippen LogP contribution in [0.2, 0.25) is 0 Å². The van der Waals surface area contributed by atoms with Crippen molar-refractivity contribution in [2.75, 3.05) is 31.1 Å². The lowest BCUT2D eigenvalue weighted by Gasteiger charge is -2.22. The van der Waals surface area contributed by atoms with Crippen molar-refractivity contribution in [1.29, 1.82) is 0 Å². The van der Waals surface area contributed by atoms with Crippen LogP contribution in [0.3, 0.4) is 0 Å². The molecule has 1 aromatic carbocycles. The van der Waals surface area contributed by atoms with Crippen molar-refractivity contribution in [3.05, 3.63) is 35.9 Å². The minimum atomic E-state index is -3.57. The summed E-state index contributed by atoms with van der Waals surface area (Å²) in [6.45, 7) is 2.33. The molecule has 0 saturated heterocycles.